The molecule has 2 N–H and O–H groups in total. The van der Waals surface area contributed by atoms with Crippen LogP contribution < -0.4 is 0 Å². The van der Waals surface area contributed by atoms with E-state index >= 15 is 0 Å². The number of alkyl halides is 12. The Labute approximate surface area is 897 Å². The third kappa shape index (κ3) is 23.8. The van der Waals surface area contributed by atoms with Crippen molar-refractivity contribution in [1.29, 1.82) is 0 Å². The number of esters is 2. The topological polar surface area (TPSA) is 259 Å². The van der Waals surface area contributed by atoms with Crippen LogP contribution in [0.25, 0.3) is 11.1 Å². The number of rotatable bonds is 14. The van der Waals surface area contributed by atoms with Gasteiger partial charge in [0, 0.05) is 27.9 Å². The number of aromatic amines is 1. The van der Waals surface area contributed by atoms with Gasteiger partial charge in [0.25, 0.3) is 23.0 Å². The number of allylic oxidation sites excluding steroid dienone is 6. The van der Waals surface area contributed by atoms with Crippen LogP contribution in [0, 0.1) is 25.2 Å². The number of nitrogens with one attached hydrogen (secondary N) is 1. The number of fused-ring (bicyclic) bond motifs is 4. The first-order chi connectivity index (χ1) is 68.8. The number of H-pyrrole nitrogens is 1. The van der Waals surface area contributed by atoms with Crippen LogP contribution in [-0.4, -0.2) is 140 Å². The summed E-state index contributed by atoms with van der Waals surface area (Å²) in [5, 5.41) is 29.2. The molecule has 0 radical (unpaired) electrons. The Kier molecular flexibility index (Phi) is 33.5. The molecule has 12 aliphatic rings. The Hall–Kier alpha value is -7.92. The first-order valence-corrected chi connectivity index (χ1v) is 53.9. The smallest absolute Gasteiger partial charge is 0.481 e. The third-order valence-corrected chi connectivity index (χ3v) is 33.7. The van der Waals surface area contributed by atoms with Crippen molar-refractivity contribution in [3.63, 3.8) is 0 Å². The number of carbonyl (C=O) groups is 7. The van der Waals surface area contributed by atoms with E-state index in [0.29, 0.717) is 75.6 Å². The molecule has 3 unspecified atom stereocenters. The average molecular weight is 2380 g/mol. The highest BCUT2D eigenvalue weighted by atomic mass is 127. The number of hydrogen-bond acceptors (Lipinski definition) is 15. The number of carbonyl (C=O) groups excluding carboxylic acids is 6. The van der Waals surface area contributed by atoms with Crippen LogP contribution >= 0.6 is 103 Å². The zero-order valence-electron chi connectivity index (χ0n) is 83.1. The molecular weight excluding hydrogens is 2260 g/mol. The molecule has 0 spiro atoms. The number of aromatic nitrogens is 8. The molecule has 4 aromatic heterocycles. The molecule has 8 aromatic rings. The number of aliphatic carboxylic acids is 1. The fourth-order valence-corrected chi connectivity index (χ4v) is 23.8. The van der Waals surface area contributed by atoms with Gasteiger partial charge in [-0.2, -0.15) is 87.1 Å². The standard InChI is InChI=1S/C29H32ClF3N2O3.C25H24ClF3N2O3.C18H15ClF3IN2O.C17H29BO4.C11H7Cl2F3O.C7H9IN2/c1-27(2,3)38-26(37)18-13-11-17(12-14-18)24-19-7-4-5-10-22(19)35(34-24)25(36)23-20(8-6-9-21(23)30)28(15-16-28)29(31,32)33;26-18-6-3-5-17(24(12-13-24)25(27,28)29)20(18)22(32)31-19-7-2-1-4-16(19)21(30-31)14-8-10-15(11-9-14)23(33)34;19-12-6-3-5-11(17(8-9-17)18(20,21)22)14(12)16(26)25-13-7-2-1-4-10(13)15(23)24-25;1-15(2,3)20-14(19)12-8-10-13(11-9-12)18-21-16(4,5)17(6,7)22-18;12-7-3-1-2-6(8(7)9(13)17)10(4-5-10)11(14,15)16;8-7-5-3-1-2-4-6(5)9-10-7/h6,8-9,11,18H,4-5,7,10,12-16H2,1-3H3;3,5-6,8,15H,1-2,4,7,9-13H2,(H,33,34);3,5-6H,1-2,4,7-9H2;10,12H,8-9,11H2,1-7H3;1-3H,4-5H2;1-4H2,(H,9,10). The van der Waals surface area contributed by atoms with Crippen molar-refractivity contribution in [2.24, 2.45) is 17.8 Å². The Morgan fingerprint density at radius 1 is 0.415 bits per heavy atom. The quantitative estimate of drug-likeness (QED) is 0.0337. The van der Waals surface area contributed by atoms with Gasteiger partial charge in [-0.05, 0) is 401 Å². The number of carboxylic acid groups (broad SMARTS) is 1. The SMILES string of the molecule is CC(C)(C)OC(=O)C1CC=C(B2OC(C)(C)C(C)(C)O2)CC1.CC(C)(C)OC(=O)C1CC=C(c2nn(C(=O)c3c(Cl)cccc3C3(C(F)(F)F)CC3)c3c2CCCC3)CC1.Ic1n[nH]c2c1CCCC2.O=C(Cl)c1c(Cl)cccc1C1(C(F)(F)F)CC1.O=C(O)C1CC=C(c2nn(C(=O)c3c(Cl)cccc3C3(C(F)(F)F)CC3)c3c2CCCC3)CC1.O=C(c1c(Cl)cccc1C1(C(F)(F)F)CC1)n1nc(I)c2c1CCCC2. The van der Waals surface area contributed by atoms with E-state index in [1.165, 1.54) is 127 Å². The molecule has 3 atom stereocenters. The number of hydrogen-bond donors (Lipinski definition) is 2. The van der Waals surface area contributed by atoms with Gasteiger partial charge in [0.15, 0.2) is 0 Å². The Balaban J connectivity index is 0.000000137. The second kappa shape index (κ2) is 43.6. The second-order valence-corrected chi connectivity index (χ2v) is 47.1. The minimum Gasteiger partial charge on any atom is -0.481 e. The molecule has 792 valence electrons. The van der Waals surface area contributed by atoms with Gasteiger partial charge in [-0.15, -0.1) is 0 Å². The van der Waals surface area contributed by atoms with Crippen molar-refractivity contribution < 1.29 is 110 Å². The third-order valence-electron chi connectivity index (χ3n) is 30.5. The van der Waals surface area contributed by atoms with Gasteiger partial charge in [-0.3, -0.25) is 38.7 Å². The summed E-state index contributed by atoms with van der Waals surface area (Å²) in [5.41, 5.74) is 1.95. The molecule has 4 saturated carbocycles. The second-order valence-electron chi connectivity index (χ2n) is 43.1. The molecular formula is C107H116BCl5F12I2N8O12. The highest BCUT2D eigenvalue weighted by Gasteiger charge is 2.69. The van der Waals surface area contributed by atoms with E-state index in [1.54, 1.807) is 0 Å². The predicted molar refractivity (Wildman–Crippen MR) is 552 cm³/mol. The van der Waals surface area contributed by atoms with Crippen LogP contribution in [0.15, 0.2) is 96.5 Å². The normalized spacial score (nSPS) is 21.0. The van der Waals surface area contributed by atoms with E-state index in [4.69, 9.17) is 81.9 Å². The summed E-state index contributed by atoms with van der Waals surface area (Å²) in [6.07, 6.45) is 8.15. The van der Waals surface area contributed by atoms with Crippen LogP contribution in [0.1, 0.15) is 350 Å². The number of ether oxygens (including phenoxy) is 2. The van der Waals surface area contributed by atoms with Gasteiger partial charge >= 0.3 is 49.7 Å². The fourth-order valence-electron chi connectivity index (χ4n) is 21.0. The minimum absolute atomic E-state index is 0.00159. The number of halogens is 19. The summed E-state index contributed by atoms with van der Waals surface area (Å²) >= 11 is 34.4. The molecule has 20 rings (SSSR count). The molecule has 0 amide bonds. The number of nitrogens with zero attached hydrogens (tertiary/aromatic N) is 7. The molecule has 5 fully saturated rings. The lowest BCUT2D eigenvalue weighted by Gasteiger charge is -2.32. The molecule has 1 aliphatic heterocycles. The zero-order chi connectivity index (χ0) is 107. The van der Waals surface area contributed by atoms with E-state index in [1.807, 2.05) is 53.7 Å². The van der Waals surface area contributed by atoms with Gasteiger partial charge in [0.1, 0.15) is 18.6 Å². The largest absolute Gasteiger partial charge is 0.490 e. The van der Waals surface area contributed by atoms with Crippen LogP contribution in [0.3, 0.4) is 0 Å². The first-order valence-electron chi connectivity index (χ1n) is 49.9. The molecule has 11 aliphatic carbocycles. The van der Waals surface area contributed by atoms with Gasteiger partial charge < -0.3 is 23.9 Å². The maximum absolute atomic E-state index is 14.0. The molecule has 4 aromatic carbocycles. The lowest BCUT2D eigenvalue weighted by atomic mass is 9.70. The molecule has 1 saturated heterocycles. The summed E-state index contributed by atoms with van der Waals surface area (Å²) in [6.45, 7) is 19.5. The Morgan fingerprint density at radius 2 is 0.728 bits per heavy atom. The minimum atomic E-state index is -4.48. The molecule has 40 heteroatoms. The van der Waals surface area contributed by atoms with Crippen LogP contribution in [0.4, 0.5) is 52.7 Å². The maximum Gasteiger partial charge on any atom is 0.490 e. The van der Waals surface area contributed by atoms with E-state index in [9.17, 15) is 91.4 Å². The molecule has 147 heavy (non-hydrogen) atoms. The van der Waals surface area contributed by atoms with Crippen molar-refractivity contribution >= 4 is 162 Å². The summed E-state index contributed by atoms with van der Waals surface area (Å²) in [5.74, 6) is -3.70. The summed E-state index contributed by atoms with van der Waals surface area (Å²) in [4.78, 5) is 88.1. The predicted octanol–water partition coefficient (Wildman–Crippen LogP) is 28.4. The van der Waals surface area contributed by atoms with E-state index in [-0.39, 0.29) is 158 Å². The lowest BCUT2D eigenvalue weighted by molar-refractivity contribution is -0.161. The highest BCUT2D eigenvalue weighted by Crippen LogP contribution is 2.65. The van der Waals surface area contributed by atoms with Gasteiger partial charge in [0.2, 0.25) is 0 Å². The number of benzene rings is 4. The molecule has 20 nitrogen and oxygen atoms in total. The zero-order valence-corrected chi connectivity index (χ0v) is 91.1. The number of carboxylic acids is 1. The Bertz CT molecular complexity index is 6510. The Morgan fingerprint density at radius 3 is 1.05 bits per heavy atom. The van der Waals surface area contributed by atoms with Crippen LogP contribution in [-0.2, 0) is 106 Å². The summed E-state index contributed by atoms with van der Waals surface area (Å²) < 4.78 is 193. The monoisotopic (exact) mass is 2370 g/mol. The van der Waals surface area contributed by atoms with Gasteiger partial charge in [-0.1, -0.05) is 113 Å². The average Bonchev–Trinajstić information content (AvgIpc) is 1.61. The highest BCUT2D eigenvalue weighted by molar-refractivity contribution is 14.1. The van der Waals surface area contributed by atoms with E-state index < -0.39 is 92.4 Å². The van der Waals surface area contributed by atoms with E-state index in [0.717, 1.165) is 125 Å². The van der Waals surface area contributed by atoms with Crippen molar-refractivity contribution in [3.8, 4) is 0 Å². The van der Waals surface area contributed by atoms with Gasteiger partial charge in [0.05, 0.1) is 121 Å². The molecule has 0 bridgehead atoms. The maximum atomic E-state index is 14.0. The lowest BCUT2D eigenvalue weighted by Crippen LogP contribution is -2.41. The van der Waals surface area contributed by atoms with Crippen molar-refractivity contribution in [1.82, 2.24) is 39.5 Å². The van der Waals surface area contributed by atoms with Crippen LogP contribution in [0.5, 0.6) is 0 Å². The van der Waals surface area contributed by atoms with Crippen molar-refractivity contribution in [2.45, 2.75) is 350 Å². The first kappa shape index (κ1) is 113. The number of aryl methyl sites for hydroxylation is 1. The fraction of sp³-hybridized carbons (Fsp3) is 0.542. The van der Waals surface area contributed by atoms with Crippen molar-refractivity contribution in [3.05, 3.63) is 225 Å². The van der Waals surface area contributed by atoms with Crippen molar-refractivity contribution in [2.75, 3.05) is 0 Å². The summed E-state index contributed by atoms with van der Waals surface area (Å²) in [7, 11) is -0.287. The van der Waals surface area contributed by atoms with E-state index in [2.05, 4.69) is 99.3 Å². The van der Waals surface area contributed by atoms with Crippen LogP contribution in [0.2, 0.25) is 20.1 Å². The van der Waals surface area contributed by atoms with Gasteiger partial charge in [-0.25, -0.2) is 0 Å². The summed E-state index contributed by atoms with van der Waals surface area (Å²) in [6, 6.07) is 16.9. The molecule has 5 heterocycles.